The Bertz CT molecular complexity index is 1150. The Kier molecular flexibility index (Phi) is 5.82. The van der Waals surface area contributed by atoms with Gasteiger partial charge in [0.25, 0.3) is 0 Å². The lowest BCUT2D eigenvalue weighted by Gasteiger charge is -2.36. The zero-order valence-electron chi connectivity index (χ0n) is 19.9. The van der Waals surface area contributed by atoms with Crippen molar-refractivity contribution in [1.29, 1.82) is 0 Å². The minimum absolute atomic E-state index is 0.147. The third-order valence-corrected chi connectivity index (χ3v) is 8.12. The minimum atomic E-state index is -0.147. The summed E-state index contributed by atoms with van der Waals surface area (Å²) in [5, 5.41) is 17.3. The Morgan fingerprint density at radius 3 is 2.68 bits per heavy atom. The van der Waals surface area contributed by atoms with Gasteiger partial charge in [-0.3, -0.25) is 4.68 Å². The molecule has 3 fully saturated rings. The summed E-state index contributed by atoms with van der Waals surface area (Å²) < 4.78 is 3.42. The van der Waals surface area contributed by atoms with Gasteiger partial charge in [0.2, 0.25) is 0 Å². The van der Waals surface area contributed by atoms with Crippen molar-refractivity contribution >= 4 is 16.9 Å². The highest BCUT2D eigenvalue weighted by atomic mass is 16.2. The Balaban J connectivity index is 1.15. The largest absolute Gasteiger partial charge is 0.342 e. The van der Waals surface area contributed by atoms with Crippen LogP contribution in [-0.2, 0) is 6.54 Å². The normalized spacial score (nSPS) is 25.7. The van der Waals surface area contributed by atoms with E-state index in [1.54, 1.807) is 6.20 Å². The minimum Gasteiger partial charge on any atom is -0.333 e. The molecule has 9 heteroatoms. The van der Waals surface area contributed by atoms with Crippen molar-refractivity contribution in [2.75, 3.05) is 26.7 Å². The summed E-state index contributed by atoms with van der Waals surface area (Å²) in [4.78, 5) is 18.1. The van der Waals surface area contributed by atoms with E-state index >= 15 is 0 Å². The number of likely N-dealkylation sites (tertiary alicyclic amines) is 1. The molecule has 1 aromatic carbocycles. The molecule has 3 aromatic rings. The summed E-state index contributed by atoms with van der Waals surface area (Å²) in [5.74, 6) is 0. The van der Waals surface area contributed by atoms with Gasteiger partial charge in [-0.2, -0.15) is 9.78 Å². The molecular weight excluding hydrogens is 428 g/mol. The van der Waals surface area contributed by atoms with E-state index in [1.165, 1.54) is 49.9 Å². The summed E-state index contributed by atoms with van der Waals surface area (Å²) in [6.07, 6.45) is 12.2. The summed E-state index contributed by atoms with van der Waals surface area (Å²) >= 11 is 0. The van der Waals surface area contributed by atoms with E-state index in [9.17, 15) is 4.79 Å². The molecule has 2 unspecified atom stereocenters. The first kappa shape index (κ1) is 21.7. The number of aromatic nitrogens is 5. The Morgan fingerprint density at radius 2 is 1.88 bits per heavy atom. The number of carbonyl (C=O) groups is 1. The van der Waals surface area contributed by atoms with Crippen molar-refractivity contribution in [3.63, 3.8) is 0 Å². The lowest BCUT2D eigenvalue weighted by Crippen LogP contribution is -2.49. The van der Waals surface area contributed by atoms with Gasteiger partial charge < -0.3 is 15.1 Å². The van der Waals surface area contributed by atoms with E-state index < -0.39 is 0 Å². The molecule has 1 amide bonds. The van der Waals surface area contributed by atoms with Crippen LogP contribution in [0.5, 0.6) is 0 Å². The molecule has 0 spiro atoms. The maximum atomic E-state index is 13.1. The van der Waals surface area contributed by atoms with Crippen LogP contribution in [0.1, 0.15) is 44.9 Å². The highest BCUT2D eigenvalue weighted by molar-refractivity contribution is 5.92. The van der Waals surface area contributed by atoms with Crippen LogP contribution in [0.2, 0.25) is 0 Å². The van der Waals surface area contributed by atoms with Gasteiger partial charge in [-0.25, -0.2) is 4.79 Å². The number of fused-ring (bicyclic) bond motifs is 3. The third-order valence-electron chi connectivity index (χ3n) is 8.12. The smallest absolute Gasteiger partial charge is 0.333 e. The standard InChI is InChI=1S/C25H34N8O/c1-30-21-7-8-22(30)15-20(14-21)27-25(34)33-24-13-18(5-6-19(24)16-26-33)23-17-32(29-28-23)12-11-31-9-3-2-4-10-31/h5-6,13,16-17,20-22H,2-4,7-12,14-15H2,1H3,(H,27,34). The number of carbonyl (C=O) groups excluding carboxylic acids is 1. The Labute approximate surface area is 200 Å². The average molecular weight is 463 g/mol. The molecule has 9 nitrogen and oxygen atoms in total. The van der Waals surface area contributed by atoms with Crippen molar-refractivity contribution in [1.82, 2.24) is 39.9 Å². The van der Waals surface area contributed by atoms with Crippen LogP contribution in [0.25, 0.3) is 22.2 Å². The second-order valence-corrected chi connectivity index (χ2v) is 10.3. The number of hydrogen-bond acceptors (Lipinski definition) is 6. The molecule has 6 rings (SSSR count). The first-order valence-electron chi connectivity index (χ1n) is 12.8. The van der Waals surface area contributed by atoms with Crippen molar-refractivity contribution in [3.05, 3.63) is 30.6 Å². The van der Waals surface area contributed by atoms with Crippen molar-refractivity contribution in [2.45, 2.75) is 69.6 Å². The fourth-order valence-corrected chi connectivity index (χ4v) is 6.07. The molecular formula is C25H34N8O. The molecule has 180 valence electrons. The predicted octanol–water partition coefficient (Wildman–Crippen LogP) is 2.96. The third kappa shape index (κ3) is 4.22. The molecule has 2 bridgehead atoms. The van der Waals surface area contributed by atoms with Gasteiger partial charge in [0.05, 0.1) is 24.5 Å². The van der Waals surface area contributed by atoms with Crippen LogP contribution in [0, 0.1) is 0 Å². The van der Waals surface area contributed by atoms with Crippen LogP contribution in [-0.4, -0.2) is 85.4 Å². The number of rotatable bonds is 5. The van der Waals surface area contributed by atoms with Crippen LogP contribution in [0.3, 0.4) is 0 Å². The second-order valence-electron chi connectivity index (χ2n) is 10.3. The topological polar surface area (TPSA) is 84.1 Å². The SMILES string of the molecule is CN1C2CCC1CC(NC(=O)n1ncc3ccc(-c4cn(CCN5CCCCC5)nn4)cc31)C2. The number of amides is 1. The first-order valence-corrected chi connectivity index (χ1v) is 12.8. The molecule has 0 radical (unpaired) electrons. The van der Waals surface area contributed by atoms with Gasteiger partial charge in [-0.05, 0) is 64.7 Å². The molecule has 0 aliphatic carbocycles. The molecule has 0 saturated carbocycles. The van der Waals surface area contributed by atoms with Crippen LogP contribution >= 0.6 is 0 Å². The van der Waals surface area contributed by atoms with Crippen molar-refractivity contribution in [3.8, 4) is 11.3 Å². The van der Waals surface area contributed by atoms with E-state index in [-0.39, 0.29) is 12.1 Å². The number of benzene rings is 1. The number of nitrogens with one attached hydrogen (secondary N) is 1. The maximum absolute atomic E-state index is 13.1. The highest BCUT2D eigenvalue weighted by Crippen LogP contribution is 2.34. The molecule has 3 aliphatic rings. The molecule has 5 heterocycles. The highest BCUT2D eigenvalue weighted by Gasteiger charge is 2.39. The van der Waals surface area contributed by atoms with Gasteiger partial charge in [0, 0.05) is 35.6 Å². The molecule has 34 heavy (non-hydrogen) atoms. The zero-order chi connectivity index (χ0) is 23.1. The number of hydrogen-bond donors (Lipinski definition) is 1. The number of nitrogens with zero attached hydrogens (tertiary/aromatic N) is 7. The second kappa shape index (κ2) is 9.11. The Hall–Kier alpha value is -2.78. The monoisotopic (exact) mass is 462 g/mol. The lowest BCUT2D eigenvalue weighted by atomic mass is 9.98. The number of piperidine rings is 2. The quantitative estimate of drug-likeness (QED) is 0.628. The molecule has 1 N–H and O–H groups in total. The summed E-state index contributed by atoms with van der Waals surface area (Å²) in [7, 11) is 2.22. The molecule has 2 atom stereocenters. The van der Waals surface area contributed by atoms with Gasteiger partial charge in [-0.15, -0.1) is 5.10 Å². The van der Waals surface area contributed by atoms with E-state index in [4.69, 9.17) is 0 Å². The van der Waals surface area contributed by atoms with Gasteiger partial charge in [0.1, 0.15) is 5.69 Å². The van der Waals surface area contributed by atoms with Crippen LogP contribution < -0.4 is 5.32 Å². The van der Waals surface area contributed by atoms with Crippen LogP contribution in [0.4, 0.5) is 4.79 Å². The predicted molar refractivity (Wildman–Crippen MR) is 131 cm³/mol. The van der Waals surface area contributed by atoms with E-state index in [0.717, 1.165) is 48.1 Å². The fourth-order valence-electron chi connectivity index (χ4n) is 6.07. The van der Waals surface area contributed by atoms with E-state index in [1.807, 2.05) is 29.1 Å². The van der Waals surface area contributed by atoms with Gasteiger partial charge >= 0.3 is 6.03 Å². The summed E-state index contributed by atoms with van der Waals surface area (Å²) in [6.45, 7) is 4.22. The van der Waals surface area contributed by atoms with Gasteiger partial charge in [0.15, 0.2) is 0 Å². The van der Waals surface area contributed by atoms with Crippen molar-refractivity contribution < 1.29 is 4.79 Å². The van der Waals surface area contributed by atoms with Crippen LogP contribution in [0.15, 0.2) is 30.6 Å². The average Bonchev–Trinajstić information content (AvgIpc) is 3.54. The van der Waals surface area contributed by atoms with E-state index in [2.05, 4.69) is 37.6 Å². The fraction of sp³-hybridized carbons (Fsp3) is 0.600. The van der Waals surface area contributed by atoms with Crippen molar-refractivity contribution in [2.24, 2.45) is 0 Å². The summed E-state index contributed by atoms with van der Waals surface area (Å²) in [5.41, 5.74) is 2.57. The van der Waals surface area contributed by atoms with Gasteiger partial charge in [-0.1, -0.05) is 23.8 Å². The molecule has 3 saturated heterocycles. The first-order chi connectivity index (χ1) is 16.6. The zero-order valence-corrected chi connectivity index (χ0v) is 19.9. The lowest BCUT2D eigenvalue weighted by molar-refractivity contribution is 0.149. The molecule has 3 aliphatic heterocycles. The Morgan fingerprint density at radius 1 is 1.09 bits per heavy atom. The summed E-state index contributed by atoms with van der Waals surface area (Å²) in [6, 6.07) is 7.27. The maximum Gasteiger partial charge on any atom is 0.342 e. The van der Waals surface area contributed by atoms with E-state index in [0.29, 0.717) is 12.1 Å². The molecule has 2 aromatic heterocycles.